The molecule has 1 heterocycles. The fraction of sp³-hybridized carbons (Fsp3) is 0.316. The minimum Gasteiger partial charge on any atom is -0.319 e. The summed E-state index contributed by atoms with van der Waals surface area (Å²) in [6.07, 6.45) is 0. The van der Waals surface area contributed by atoms with E-state index in [0.717, 1.165) is 5.56 Å². The van der Waals surface area contributed by atoms with Crippen molar-refractivity contribution in [1.29, 1.82) is 0 Å². The number of nitro groups is 1. The molecule has 0 aliphatic carbocycles. The third-order valence-electron chi connectivity index (χ3n) is 4.66. The average molecular weight is 418 g/mol. The number of anilines is 1. The second-order valence-electron chi connectivity index (χ2n) is 6.74. The van der Waals surface area contributed by atoms with Gasteiger partial charge < -0.3 is 5.32 Å². The van der Waals surface area contributed by atoms with Gasteiger partial charge in [0.1, 0.15) is 5.69 Å². The second-order valence-corrected chi connectivity index (χ2v) is 8.71. The third kappa shape index (κ3) is 5.59. The van der Waals surface area contributed by atoms with Gasteiger partial charge in [0.15, 0.2) is 0 Å². The number of para-hydroxylation sites is 2. The maximum atomic E-state index is 12.6. The van der Waals surface area contributed by atoms with Crippen molar-refractivity contribution in [2.45, 2.75) is 5.75 Å². The monoisotopic (exact) mass is 418 g/mol. The van der Waals surface area contributed by atoms with Gasteiger partial charge in [0, 0.05) is 32.2 Å². The zero-order chi connectivity index (χ0) is 20.9. The van der Waals surface area contributed by atoms with Gasteiger partial charge in [-0.25, -0.2) is 8.42 Å². The largest absolute Gasteiger partial charge is 0.319 e. The van der Waals surface area contributed by atoms with E-state index in [9.17, 15) is 23.3 Å². The van der Waals surface area contributed by atoms with E-state index >= 15 is 0 Å². The molecule has 1 saturated heterocycles. The highest BCUT2D eigenvalue weighted by atomic mass is 32.2. The molecule has 0 radical (unpaired) electrons. The number of hydrogen-bond donors (Lipinski definition) is 1. The summed E-state index contributed by atoms with van der Waals surface area (Å²) in [6, 6.07) is 14.9. The molecule has 2 aromatic rings. The Balaban J connectivity index is 1.52. The maximum absolute atomic E-state index is 12.6. The van der Waals surface area contributed by atoms with Gasteiger partial charge in [0.05, 0.1) is 17.2 Å². The predicted molar refractivity (Wildman–Crippen MR) is 109 cm³/mol. The molecule has 1 aliphatic heterocycles. The Morgan fingerprint density at radius 1 is 1.00 bits per heavy atom. The lowest BCUT2D eigenvalue weighted by Gasteiger charge is -2.33. The highest BCUT2D eigenvalue weighted by molar-refractivity contribution is 7.88. The molecule has 10 heteroatoms. The van der Waals surface area contributed by atoms with Crippen LogP contribution in [0.2, 0.25) is 0 Å². The highest BCUT2D eigenvalue weighted by Gasteiger charge is 2.28. The van der Waals surface area contributed by atoms with Crippen LogP contribution in [0.25, 0.3) is 0 Å². The maximum Gasteiger partial charge on any atom is 0.292 e. The fourth-order valence-corrected chi connectivity index (χ4v) is 4.69. The number of sulfonamides is 1. The average Bonchev–Trinajstić information content (AvgIpc) is 2.69. The molecule has 9 nitrogen and oxygen atoms in total. The Hall–Kier alpha value is -2.82. The zero-order valence-electron chi connectivity index (χ0n) is 15.7. The molecule has 0 atom stereocenters. The summed E-state index contributed by atoms with van der Waals surface area (Å²) >= 11 is 0. The number of benzene rings is 2. The van der Waals surface area contributed by atoms with Gasteiger partial charge in [0.25, 0.3) is 5.69 Å². The number of rotatable bonds is 7. The number of amides is 1. The topological polar surface area (TPSA) is 113 Å². The minimum atomic E-state index is -3.42. The Labute approximate surface area is 169 Å². The third-order valence-corrected chi connectivity index (χ3v) is 6.51. The smallest absolute Gasteiger partial charge is 0.292 e. The van der Waals surface area contributed by atoms with Gasteiger partial charge in [-0.15, -0.1) is 0 Å². The van der Waals surface area contributed by atoms with Gasteiger partial charge in [-0.05, 0) is 11.6 Å². The molecule has 1 aliphatic rings. The van der Waals surface area contributed by atoms with Crippen LogP contribution >= 0.6 is 0 Å². The SMILES string of the molecule is O=C(CN1CCN(S(=O)(=O)Cc2ccccc2)CC1)Nc1ccccc1[N+](=O)[O-]. The number of carbonyl (C=O) groups excluding carboxylic acids is 1. The molecule has 29 heavy (non-hydrogen) atoms. The van der Waals surface area contributed by atoms with Crippen LogP contribution in [-0.4, -0.2) is 61.2 Å². The molecule has 154 valence electrons. The zero-order valence-corrected chi connectivity index (χ0v) is 16.5. The summed E-state index contributed by atoms with van der Waals surface area (Å²) in [5.41, 5.74) is 0.711. The first kappa shape index (κ1) is 20.9. The molecule has 1 fully saturated rings. The molecule has 1 amide bonds. The van der Waals surface area contributed by atoms with Crippen LogP contribution in [0.3, 0.4) is 0 Å². The highest BCUT2D eigenvalue weighted by Crippen LogP contribution is 2.23. The minimum absolute atomic E-state index is 0.0403. The Kier molecular flexibility index (Phi) is 6.57. The van der Waals surface area contributed by atoms with Gasteiger partial charge in [-0.1, -0.05) is 42.5 Å². The van der Waals surface area contributed by atoms with E-state index in [1.54, 1.807) is 30.3 Å². The lowest BCUT2D eigenvalue weighted by molar-refractivity contribution is -0.383. The van der Waals surface area contributed by atoms with Crippen LogP contribution in [0.15, 0.2) is 54.6 Å². The molecule has 2 aromatic carbocycles. The van der Waals surface area contributed by atoms with Crippen molar-refractivity contribution in [3.8, 4) is 0 Å². The van der Waals surface area contributed by atoms with Crippen LogP contribution in [0.4, 0.5) is 11.4 Å². The Morgan fingerprint density at radius 3 is 2.28 bits per heavy atom. The van der Waals surface area contributed by atoms with E-state index in [1.165, 1.54) is 22.5 Å². The second kappa shape index (κ2) is 9.12. The first-order chi connectivity index (χ1) is 13.8. The standard InChI is InChI=1S/C19H22N4O5S/c24-19(20-17-8-4-5-9-18(17)23(25)26)14-21-10-12-22(13-11-21)29(27,28)15-16-6-2-1-3-7-16/h1-9H,10-15H2,(H,20,24). The van der Waals surface area contributed by atoms with Crippen molar-refractivity contribution < 1.29 is 18.1 Å². The van der Waals surface area contributed by atoms with Crippen LogP contribution in [0.5, 0.6) is 0 Å². The van der Waals surface area contributed by atoms with Crippen molar-refractivity contribution in [2.24, 2.45) is 0 Å². The number of nitrogens with one attached hydrogen (secondary N) is 1. The van der Waals surface area contributed by atoms with E-state index in [4.69, 9.17) is 0 Å². The quantitative estimate of drug-likeness (QED) is 0.541. The molecule has 0 unspecified atom stereocenters. The van der Waals surface area contributed by atoms with E-state index in [-0.39, 0.29) is 29.6 Å². The molecular formula is C19H22N4O5S. The summed E-state index contributed by atoms with van der Waals surface area (Å²) in [6.45, 7) is 1.47. The van der Waals surface area contributed by atoms with Crippen molar-refractivity contribution in [3.63, 3.8) is 0 Å². The van der Waals surface area contributed by atoms with Crippen molar-refractivity contribution >= 4 is 27.3 Å². The molecule has 3 rings (SSSR count). The summed E-state index contributed by atoms with van der Waals surface area (Å²) in [5, 5.41) is 13.6. The van der Waals surface area contributed by atoms with Gasteiger partial charge in [-0.3, -0.25) is 19.8 Å². The summed E-state index contributed by atoms with van der Waals surface area (Å²) < 4.78 is 26.6. The number of hydrogen-bond acceptors (Lipinski definition) is 6. The summed E-state index contributed by atoms with van der Waals surface area (Å²) in [4.78, 5) is 24.6. The fourth-order valence-electron chi connectivity index (χ4n) is 3.17. The molecular weight excluding hydrogens is 396 g/mol. The van der Waals surface area contributed by atoms with Gasteiger partial charge in [0.2, 0.25) is 15.9 Å². The normalized spacial score (nSPS) is 15.7. The molecule has 1 N–H and O–H groups in total. The number of nitro benzene ring substituents is 1. The predicted octanol–water partition coefficient (Wildman–Crippen LogP) is 1.68. The van der Waals surface area contributed by atoms with E-state index < -0.39 is 14.9 Å². The Bertz CT molecular complexity index is 973. The van der Waals surface area contributed by atoms with Crippen LogP contribution in [0.1, 0.15) is 5.56 Å². The van der Waals surface area contributed by atoms with Gasteiger partial charge >= 0.3 is 0 Å². The number of carbonyl (C=O) groups is 1. The van der Waals surface area contributed by atoms with E-state index in [2.05, 4.69) is 5.32 Å². The van der Waals surface area contributed by atoms with Crippen LogP contribution in [-0.2, 0) is 20.6 Å². The van der Waals surface area contributed by atoms with Crippen molar-refractivity contribution in [2.75, 3.05) is 38.0 Å². The van der Waals surface area contributed by atoms with E-state index in [1.807, 2.05) is 11.0 Å². The van der Waals surface area contributed by atoms with Crippen molar-refractivity contribution in [3.05, 3.63) is 70.3 Å². The molecule has 0 bridgehead atoms. The van der Waals surface area contributed by atoms with Gasteiger partial charge in [-0.2, -0.15) is 4.31 Å². The number of nitrogens with zero attached hydrogens (tertiary/aromatic N) is 3. The van der Waals surface area contributed by atoms with Crippen molar-refractivity contribution in [1.82, 2.24) is 9.21 Å². The summed E-state index contributed by atoms with van der Waals surface area (Å²) in [7, 11) is -3.42. The Morgan fingerprint density at radius 2 is 1.62 bits per heavy atom. The summed E-state index contributed by atoms with van der Waals surface area (Å²) in [5.74, 6) is -0.425. The number of piperazine rings is 1. The van der Waals surface area contributed by atoms with Crippen LogP contribution < -0.4 is 5.32 Å². The molecule has 0 aromatic heterocycles. The van der Waals surface area contributed by atoms with E-state index in [0.29, 0.717) is 26.2 Å². The lowest BCUT2D eigenvalue weighted by Crippen LogP contribution is -2.50. The first-order valence-electron chi connectivity index (χ1n) is 9.12. The first-order valence-corrected chi connectivity index (χ1v) is 10.7. The lowest BCUT2D eigenvalue weighted by atomic mass is 10.2. The molecule has 0 saturated carbocycles. The molecule has 0 spiro atoms. The van der Waals surface area contributed by atoms with Crippen LogP contribution in [0, 0.1) is 10.1 Å².